The van der Waals surface area contributed by atoms with Gasteiger partial charge in [-0.05, 0) is 29.5 Å². The van der Waals surface area contributed by atoms with Gasteiger partial charge in [0.15, 0.2) is 0 Å². The lowest BCUT2D eigenvalue weighted by Crippen LogP contribution is -2.23. The summed E-state index contributed by atoms with van der Waals surface area (Å²) in [6, 6.07) is 19.2. The van der Waals surface area contributed by atoms with Crippen molar-refractivity contribution < 1.29 is 0 Å². The van der Waals surface area contributed by atoms with Gasteiger partial charge in [0.1, 0.15) is 0 Å². The SMILES string of the molecule is CCCNC(c1ccccc1)c1cncc2ccccc12. The van der Waals surface area contributed by atoms with Gasteiger partial charge in [-0.3, -0.25) is 4.98 Å². The van der Waals surface area contributed by atoms with Crippen LogP contribution in [-0.2, 0) is 0 Å². The Bertz CT molecular complexity index is 702. The van der Waals surface area contributed by atoms with E-state index in [-0.39, 0.29) is 6.04 Å². The molecule has 2 aromatic carbocycles. The molecule has 0 aliphatic heterocycles. The van der Waals surface area contributed by atoms with Crippen molar-refractivity contribution in [3.05, 3.63) is 78.1 Å². The van der Waals surface area contributed by atoms with Crippen molar-refractivity contribution in [2.75, 3.05) is 6.54 Å². The van der Waals surface area contributed by atoms with E-state index in [9.17, 15) is 0 Å². The molecule has 1 N–H and O–H groups in total. The van der Waals surface area contributed by atoms with Crippen LogP contribution in [0.4, 0.5) is 0 Å². The standard InChI is InChI=1S/C19H20N2/c1-2-12-21-19(15-8-4-3-5-9-15)18-14-20-13-16-10-6-7-11-17(16)18/h3-11,13-14,19,21H,2,12H2,1H3. The molecule has 0 radical (unpaired) electrons. The lowest BCUT2D eigenvalue weighted by molar-refractivity contribution is 0.600. The van der Waals surface area contributed by atoms with Crippen LogP contribution < -0.4 is 5.32 Å². The second-order valence-corrected chi connectivity index (χ2v) is 5.25. The van der Waals surface area contributed by atoms with Crippen LogP contribution in [0.3, 0.4) is 0 Å². The lowest BCUT2D eigenvalue weighted by atomic mass is 9.95. The Labute approximate surface area is 125 Å². The molecule has 0 fully saturated rings. The molecule has 1 aromatic heterocycles. The van der Waals surface area contributed by atoms with E-state index in [1.54, 1.807) is 0 Å². The van der Waals surface area contributed by atoms with Crippen molar-refractivity contribution in [3.63, 3.8) is 0 Å². The second-order valence-electron chi connectivity index (χ2n) is 5.25. The smallest absolute Gasteiger partial charge is 0.0598 e. The van der Waals surface area contributed by atoms with Crippen LogP contribution in [0.5, 0.6) is 0 Å². The number of aromatic nitrogens is 1. The highest BCUT2D eigenvalue weighted by Gasteiger charge is 2.15. The van der Waals surface area contributed by atoms with Crippen LogP contribution in [0.1, 0.15) is 30.5 Å². The zero-order valence-corrected chi connectivity index (χ0v) is 12.3. The Morgan fingerprint density at radius 3 is 2.52 bits per heavy atom. The predicted octanol–water partition coefficient (Wildman–Crippen LogP) is 4.32. The van der Waals surface area contributed by atoms with Crippen molar-refractivity contribution in [2.24, 2.45) is 0 Å². The Hall–Kier alpha value is -2.19. The summed E-state index contributed by atoms with van der Waals surface area (Å²) in [5.74, 6) is 0. The van der Waals surface area contributed by atoms with Gasteiger partial charge in [-0.1, -0.05) is 61.5 Å². The van der Waals surface area contributed by atoms with E-state index in [0.717, 1.165) is 13.0 Å². The van der Waals surface area contributed by atoms with Gasteiger partial charge in [-0.2, -0.15) is 0 Å². The minimum absolute atomic E-state index is 0.185. The van der Waals surface area contributed by atoms with E-state index in [4.69, 9.17) is 0 Å². The largest absolute Gasteiger partial charge is 0.306 e. The molecule has 0 saturated heterocycles. The van der Waals surface area contributed by atoms with Gasteiger partial charge < -0.3 is 5.32 Å². The van der Waals surface area contributed by atoms with Crippen molar-refractivity contribution in [1.29, 1.82) is 0 Å². The molecule has 3 rings (SSSR count). The van der Waals surface area contributed by atoms with Crippen LogP contribution in [0.2, 0.25) is 0 Å². The minimum atomic E-state index is 0.185. The van der Waals surface area contributed by atoms with Gasteiger partial charge in [-0.25, -0.2) is 0 Å². The quantitative estimate of drug-likeness (QED) is 0.750. The lowest BCUT2D eigenvalue weighted by Gasteiger charge is -2.21. The highest BCUT2D eigenvalue weighted by molar-refractivity contribution is 5.85. The molecule has 21 heavy (non-hydrogen) atoms. The number of nitrogens with one attached hydrogen (secondary N) is 1. The Balaban J connectivity index is 2.10. The number of nitrogens with zero attached hydrogens (tertiary/aromatic N) is 1. The molecular weight excluding hydrogens is 256 g/mol. The summed E-state index contributed by atoms with van der Waals surface area (Å²) in [7, 11) is 0. The summed E-state index contributed by atoms with van der Waals surface area (Å²) in [6.07, 6.45) is 5.03. The Kier molecular flexibility index (Phi) is 4.27. The van der Waals surface area contributed by atoms with Crippen LogP contribution >= 0.6 is 0 Å². The molecule has 3 aromatic rings. The first-order valence-corrected chi connectivity index (χ1v) is 7.51. The van der Waals surface area contributed by atoms with Gasteiger partial charge in [0.05, 0.1) is 6.04 Å². The fourth-order valence-corrected chi connectivity index (χ4v) is 2.71. The molecule has 0 amide bonds. The van der Waals surface area contributed by atoms with E-state index in [1.807, 2.05) is 12.4 Å². The third-order valence-corrected chi connectivity index (χ3v) is 3.74. The fraction of sp³-hybridized carbons (Fsp3) is 0.211. The highest BCUT2D eigenvalue weighted by atomic mass is 14.9. The first kappa shape index (κ1) is 13.8. The fourth-order valence-electron chi connectivity index (χ4n) is 2.71. The van der Waals surface area contributed by atoms with Gasteiger partial charge in [0, 0.05) is 17.8 Å². The van der Waals surface area contributed by atoms with Gasteiger partial charge >= 0.3 is 0 Å². The molecule has 106 valence electrons. The summed E-state index contributed by atoms with van der Waals surface area (Å²) in [5.41, 5.74) is 2.52. The number of benzene rings is 2. The normalized spacial score (nSPS) is 12.4. The second kappa shape index (κ2) is 6.51. The monoisotopic (exact) mass is 276 g/mol. The molecule has 0 aliphatic carbocycles. The maximum atomic E-state index is 4.43. The van der Waals surface area contributed by atoms with Crippen molar-refractivity contribution >= 4 is 10.8 Å². The van der Waals surface area contributed by atoms with Crippen LogP contribution in [0.15, 0.2) is 67.0 Å². The summed E-state index contributed by atoms with van der Waals surface area (Å²) in [5, 5.41) is 6.11. The molecule has 0 saturated carbocycles. The Morgan fingerprint density at radius 2 is 1.71 bits per heavy atom. The molecule has 2 nitrogen and oxygen atoms in total. The maximum absolute atomic E-state index is 4.43. The van der Waals surface area contributed by atoms with Gasteiger partial charge in [0.2, 0.25) is 0 Å². The summed E-state index contributed by atoms with van der Waals surface area (Å²) in [6.45, 7) is 3.18. The summed E-state index contributed by atoms with van der Waals surface area (Å²) >= 11 is 0. The number of hydrogen-bond donors (Lipinski definition) is 1. The molecule has 2 heteroatoms. The molecular formula is C19H20N2. The number of fused-ring (bicyclic) bond motifs is 1. The van der Waals surface area contributed by atoms with Gasteiger partial charge in [-0.15, -0.1) is 0 Å². The third-order valence-electron chi connectivity index (χ3n) is 3.74. The third kappa shape index (κ3) is 2.96. The number of rotatable bonds is 5. The first-order valence-electron chi connectivity index (χ1n) is 7.51. The zero-order chi connectivity index (χ0) is 14.5. The molecule has 0 aliphatic rings. The van der Waals surface area contributed by atoms with Gasteiger partial charge in [0.25, 0.3) is 0 Å². The summed E-state index contributed by atoms with van der Waals surface area (Å²) in [4.78, 5) is 4.43. The average Bonchev–Trinajstić information content (AvgIpc) is 2.56. The topological polar surface area (TPSA) is 24.9 Å². The maximum Gasteiger partial charge on any atom is 0.0598 e. The molecule has 0 bridgehead atoms. The zero-order valence-electron chi connectivity index (χ0n) is 12.3. The minimum Gasteiger partial charge on any atom is -0.306 e. The average molecular weight is 276 g/mol. The van der Waals surface area contributed by atoms with E-state index in [0.29, 0.717) is 0 Å². The van der Waals surface area contributed by atoms with E-state index in [1.165, 1.54) is 21.9 Å². The van der Waals surface area contributed by atoms with E-state index < -0.39 is 0 Å². The van der Waals surface area contributed by atoms with Crippen LogP contribution in [-0.4, -0.2) is 11.5 Å². The highest BCUT2D eigenvalue weighted by Crippen LogP contribution is 2.28. The molecule has 0 spiro atoms. The molecule has 1 unspecified atom stereocenters. The van der Waals surface area contributed by atoms with Crippen LogP contribution in [0, 0.1) is 0 Å². The van der Waals surface area contributed by atoms with Crippen molar-refractivity contribution in [2.45, 2.75) is 19.4 Å². The number of hydrogen-bond acceptors (Lipinski definition) is 2. The first-order chi connectivity index (χ1) is 10.4. The van der Waals surface area contributed by atoms with Crippen molar-refractivity contribution in [3.8, 4) is 0 Å². The van der Waals surface area contributed by atoms with E-state index >= 15 is 0 Å². The predicted molar refractivity (Wildman–Crippen MR) is 88.3 cm³/mol. The van der Waals surface area contributed by atoms with E-state index in [2.05, 4.69) is 71.8 Å². The molecule has 1 heterocycles. The van der Waals surface area contributed by atoms with Crippen LogP contribution in [0.25, 0.3) is 10.8 Å². The Morgan fingerprint density at radius 1 is 0.952 bits per heavy atom. The molecule has 1 atom stereocenters. The van der Waals surface area contributed by atoms with Crippen molar-refractivity contribution in [1.82, 2.24) is 10.3 Å². The summed E-state index contributed by atoms with van der Waals surface area (Å²) < 4.78 is 0. The number of pyridine rings is 1.